The summed E-state index contributed by atoms with van der Waals surface area (Å²) in [5, 5.41) is 18.4. The minimum atomic E-state index is -0.121. The van der Waals surface area contributed by atoms with Gasteiger partial charge in [-0.2, -0.15) is 5.26 Å². The van der Waals surface area contributed by atoms with Gasteiger partial charge in [-0.1, -0.05) is 52.7 Å². The Balaban J connectivity index is 1.78. The van der Waals surface area contributed by atoms with Crippen molar-refractivity contribution < 1.29 is 4.79 Å². The van der Waals surface area contributed by atoms with Gasteiger partial charge in [0.05, 0.1) is 28.3 Å². The first-order valence-corrected chi connectivity index (χ1v) is 9.80. The van der Waals surface area contributed by atoms with E-state index in [0.717, 1.165) is 11.3 Å². The number of rotatable bonds is 6. The van der Waals surface area contributed by atoms with E-state index in [1.54, 1.807) is 21.6 Å². The van der Waals surface area contributed by atoms with Gasteiger partial charge in [-0.25, -0.2) is 0 Å². The average Bonchev–Trinajstić information content (AvgIpc) is 3.05. The van der Waals surface area contributed by atoms with Gasteiger partial charge in [0.1, 0.15) is 0 Å². The van der Waals surface area contributed by atoms with Crippen LogP contribution in [0.1, 0.15) is 12.0 Å². The van der Waals surface area contributed by atoms with Crippen molar-refractivity contribution in [3.8, 4) is 6.07 Å². The van der Waals surface area contributed by atoms with Gasteiger partial charge in [0.15, 0.2) is 10.8 Å². The predicted molar refractivity (Wildman–Crippen MR) is 107 cm³/mol. The summed E-state index contributed by atoms with van der Waals surface area (Å²) in [6, 6.07) is 11.3. The summed E-state index contributed by atoms with van der Waals surface area (Å²) in [6.07, 6.45) is 1.91. The molecule has 6 nitrogen and oxygen atoms in total. The second-order valence-electron chi connectivity index (χ2n) is 5.76. The van der Waals surface area contributed by atoms with Crippen LogP contribution in [0, 0.1) is 18.3 Å². The van der Waals surface area contributed by atoms with E-state index in [-0.39, 0.29) is 18.1 Å². The first kappa shape index (κ1) is 19.5. The minimum Gasteiger partial charge on any atom is -0.311 e. The summed E-state index contributed by atoms with van der Waals surface area (Å²) in [7, 11) is 0. The maximum atomic E-state index is 12.8. The van der Waals surface area contributed by atoms with E-state index < -0.39 is 0 Å². The lowest BCUT2D eigenvalue weighted by atomic mass is 10.2. The first-order valence-electron chi connectivity index (χ1n) is 8.06. The fourth-order valence-corrected chi connectivity index (χ4v) is 3.78. The number of thioether (sulfide) groups is 1. The molecule has 0 spiro atoms. The Labute approximate surface area is 170 Å². The topological polar surface area (TPSA) is 74.3 Å². The number of anilines is 1. The fourth-order valence-electron chi connectivity index (χ4n) is 2.49. The average molecular weight is 420 g/mol. The van der Waals surface area contributed by atoms with Crippen LogP contribution >= 0.6 is 35.0 Å². The summed E-state index contributed by atoms with van der Waals surface area (Å²) < 4.78 is 1.66. The zero-order valence-corrected chi connectivity index (χ0v) is 16.7. The second-order valence-corrected chi connectivity index (χ2v) is 7.55. The highest BCUT2D eigenvalue weighted by Crippen LogP contribution is 2.26. The molecule has 2 aromatic heterocycles. The van der Waals surface area contributed by atoms with Gasteiger partial charge in [0.25, 0.3) is 0 Å². The maximum absolute atomic E-state index is 12.8. The van der Waals surface area contributed by atoms with Crippen molar-refractivity contribution in [3.63, 3.8) is 0 Å². The summed E-state index contributed by atoms with van der Waals surface area (Å²) >= 11 is 13.4. The molecule has 0 N–H and O–H groups in total. The van der Waals surface area contributed by atoms with E-state index >= 15 is 0 Å². The zero-order chi connectivity index (χ0) is 19.4. The van der Waals surface area contributed by atoms with Crippen molar-refractivity contribution in [1.29, 1.82) is 5.26 Å². The molecule has 1 aromatic carbocycles. The van der Waals surface area contributed by atoms with Crippen molar-refractivity contribution in [2.45, 2.75) is 18.5 Å². The summed E-state index contributed by atoms with van der Waals surface area (Å²) in [4.78, 5) is 14.4. The van der Waals surface area contributed by atoms with Gasteiger partial charge in [0, 0.05) is 18.4 Å². The molecule has 3 aromatic rings. The van der Waals surface area contributed by atoms with E-state index in [1.807, 2.05) is 31.2 Å². The van der Waals surface area contributed by atoms with E-state index in [0.29, 0.717) is 27.4 Å². The van der Waals surface area contributed by atoms with Crippen molar-refractivity contribution in [2.24, 2.45) is 0 Å². The number of halogens is 2. The van der Waals surface area contributed by atoms with Crippen LogP contribution < -0.4 is 4.90 Å². The number of fused-ring (bicyclic) bond motifs is 1. The number of aryl methyl sites for hydroxylation is 1. The summed E-state index contributed by atoms with van der Waals surface area (Å²) in [6.45, 7) is 2.31. The van der Waals surface area contributed by atoms with Crippen molar-refractivity contribution in [2.75, 3.05) is 17.2 Å². The highest BCUT2D eigenvalue weighted by atomic mass is 35.5. The Bertz CT molecular complexity index is 1010. The van der Waals surface area contributed by atoms with Crippen LogP contribution in [0.2, 0.25) is 10.0 Å². The molecule has 1 amide bonds. The van der Waals surface area contributed by atoms with Crippen molar-refractivity contribution in [1.82, 2.24) is 14.6 Å². The van der Waals surface area contributed by atoms with Crippen LogP contribution in [0.3, 0.4) is 0 Å². The van der Waals surface area contributed by atoms with Gasteiger partial charge in [-0.15, -0.1) is 10.2 Å². The normalized spacial score (nSPS) is 10.7. The SMILES string of the molecule is Cc1ccc(N(CCC#N)C(=O)CSc2nnc3c(Cl)cc(Cl)cn23)cc1. The van der Waals surface area contributed by atoms with Gasteiger partial charge in [0.2, 0.25) is 5.91 Å². The van der Waals surface area contributed by atoms with Crippen molar-refractivity contribution >= 4 is 52.2 Å². The Hall–Kier alpha value is -2.27. The molecule has 138 valence electrons. The molecule has 0 fully saturated rings. The van der Waals surface area contributed by atoms with E-state index in [4.69, 9.17) is 28.5 Å². The number of benzene rings is 1. The number of amides is 1. The van der Waals surface area contributed by atoms with E-state index in [2.05, 4.69) is 16.3 Å². The highest BCUT2D eigenvalue weighted by Gasteiger charge is 2.18. The third-order valence-electron chi connectivity index (χ3n) is 3.81. The smallest absolute Gasteiger partial charge is 0.237 e. The van der Waals surface area contributed by atoms with Crippen LogP contribution in [0.5, 0.6) is 0 Å². The van der Waals surface area contributed by atoms with E-state index in [1.165, 1.54) is 11.8 Å². The molecule has 0 unspecified atom stereocenters. The number of hydrogen-bond acceptors (Lipinski definition) is 5. The molecule has 0 bridgehead atoms. The molecule has 9 heteroatoms. The zero-order valence-electron chi connectivity index (χ0n) is 14.4. The summed E-state index contributed by atoms with van der Waals surface area (Å²) in [5.74, 6) is 0.0218. The molecular weight excluding hydrogens is 405 g/mol. The fraction of sp³-hybridized carbons (Fsp3) is 0.222. The number of nitrogens with zero attached hydrogens (tertiary/aromatic N) is 5. The Kier molecular flexibility index (Phi) is 6.22. The molecule has 0 aliphatic carbocycles. The third kappa shape index (κ3) is 4.53. The van der Waals surface area contributed by atoms with Crippen LogP contribution in [0.4, 0.5) is 5.69 Å². The number of hydrogen-bond donors (Lipinski definition) is 0. The quantitative estimate of drug-likeness (QED) is 0.554. The largest absolute Gasteiger partial charge is 0.311 e. The van der Waals surface area contributed by atoms with E-state index in [9.17, 15) is 4.79 Å². The number of pyridine rings is 1. The molecule has 0 aliphatic rings. The van der Waals surface area contributed by atoms with Crippen LogP contribution in [0.25, 0.3) is 5.65 Å². The molecule has 0 atom stereocenters. The number of aromatic nitrogens is 3. The summed E-state index contributed by atoms with van der Waals surface area (Å²) in [5.41, 5.74) is 2.35. The molecule has 0 saturated carbocycles. The Morgan fingerprint density at radius 2 is 2.04 bits per heavy atom. The number of carbonyl (C=O) groups is 1. The standard InChI is InChI=1S/C18H15Cl2N5OS/c1-12-3-5-14(6-4-12)24(8-2-7-21)16(26)11-27-18-23-22-17-15(20)9-13(19)10-25(17)18/h3-6,9-10H,2,8,11H2,1H3. The van der Waals surface area contributed by atoms with Gasteiger partial charge >= 0.3 is 0 Å². The van der Waals surface area contributed by atoms with Crippen molar-refractivity contribution in [3.05, 3.63) is 52.1 Å². The molecular formula is C18H15Cl2N5OS. The van der Waals surface area contributed by atoms with Crippen LogP contribution in [-0.4, -0.2) is 32.8 Å². The molecule has 0 radical (unpaired) electrons. The van der Waals surface area contributed by atoms with Gasteiger partial charge in [-0.3, -0.25) is 9.20 Å². The highest BCUT2D eigenvalue weighted by molar-refractivity contribution is 7.99. The van der Waals surface area contributed by atoms with Crippen LogP contribution in [0.15, 0.2) is 41.7 Å². The lowest BCUT2D eigenvalue weighted by Crippen LogP contribution is -2.33. The molecule has 0 saturated heterocycles. The number of nitriles is 1. The predicted octanol–water partition coefficient (Wildman–Crippen LogP) is 4.38. The van der Waals surface area contributed by atoms with Crippen LogP contribution in [-0.2, 0) is 4.79 Å². The first-order chi connectivity index (χ1) is 13.0. The third-order valence-corrected chi connectivity index (χ3v) is 5.23. The lowest BCUT2D eigenvalue weighted by molar-refractivity contribution is -0.116. The molecule has 27 heavy (non-hydrogen) atoms. The van der Waals surface area contributed by atoms with Gasteiger partial charge in [-0.05, 0) is 25.1 Å². The number of carbonyl (C=O) groups excluding carboxylic acids is 1. The Morgan fingerprint density at radius 1 is 1.30 bits per heavy atom. The molecule has 3 rings (SSSR count). The van der Waals surface area contributed by atoms with Gasteiger partial charge < -0.3 is 4.90 Å². The molecule has 2 heterocycles. The lowest BCUT2D eigenvalue weighted by Gasteiger charge is -2.21. The maximum Gasteiger partial charge on any atom is 0.237 e. The monoisotopic (exact) mass is 419 g/mol. The minimum absolute atomic E-state index is 0.121. The second kappa shape index (κ2) is 8.61. The molecule has 0 aliphatic heterocycles. The Morgan fingerprint density at radius 3 is 2.74 bits per heavy atom.